The molecule has 0 aliphatic carbocycles. The molecule has 1 aliphatic heterocycles. The van der Waals surface area contributed by atoms with E-state index in [4.69, 9.17) is 11.6 Å². The number of thioether (sulfide) groups is 1. The van der Waals surface area contributed by atoms with E-state index in [1.807, 2.05) is 25.1 Å². The van der Waals surface area contributed by atoms with Crippen molar-refractivity contribution in [2.45, 2.75) is 30.7 Å². The standard InChI is InChI=1S/C20H18ClFN2OS/c1-11-14(15-9-13(22)3-4-17(15)23-11)10-20(25)24-18-6-7-26-19-5-2-12(21)8-16(18)19/h2-5,8-9,18,23H,6-7,10H2,1H3,(H,24,25). The van der Waals surface area contributed by atoms with E-state index >= 15 is 0 Å². The summed E-state index contributed by atoms with van der Waals surface area (Å²) < 4.78 is 13.6. The molecule has 4 rings (SSSR count). The zero-order valence-electron chi connectivity index (χ0n) is 14.2. The third-order valence-electron chi connectivity index (χ3n) is 4.77. The second-order valence-electron chi connectivity index (χ2n) is 6.53. The topological polar surface area (TPSA) is 44.9 Å². The lowest BCUT2D eigenvalue weighted by atomic mass is 10.0. The monoisotopic (exact) mass is 388 g/mol. The summed E-state index contributed by atoms with van der Waals surface area (Å²) in [5, 5.41) is 4.57. The zero-order chi connectivity index (χ0) is 18.3. The number of amides is 1. The van der Waals surface area contributed by atoms with Crippen LogP contribution in [0.2, 0.25) is 5.02 Å². The van der Waals surface area contributed by atoms with Gasteiger partial charge in [-0.15, -0.1) is 11.8 Å². The van der Waals surface area contributed by atoms with Crippen LogP contribution in [0.15, 0.2) is 41.3 Å². The number of fused-ring (bicyclic) bond motifs is 2. The van der Waals surface area contributed by atoms with Gasteiger partial charge in [0.25, 0.3) is 0 Å². The molecule has 1 amide bonds. The second kappa shape index (κ2) is 6.97. The van der Waals surface area contributed by atoms with Crippen molar-refractivity contribution >= 4 is 40.2 Å². The van der Waals surface area contributed by atoms with Crippen LogP contribution in [0.1, 0.15) is 29.3 Å². The van der Waals surface area contributed by atoms with Gasteiger partial charge >= 0.3 is 0 Å². The van der Waals surface area contributed by atoms with E-state index in [2.05, 4.69) is 10.3 Å². The van der Waals surface area contributed by atoms with Gasteiger partial charge in [-0.3, -0.25) is 4.79 Å². The van der Waals surface area contributed by atoms with E-state index in [9.17, 15) is 9.18 Å². The third kappa shape index (κ3) is 3.33. The van der Waals surface area contributed by atoms with Gasteiger partial charge in [0.05, 0.1) is 12.5 Å². The van der Waals surface area contributed by atoms with Crippen LogP contribution >= 0.6 is 23.4 Å². The minimum Gasteiger partial charge on any atom is -0.358 e. The van der Waals surface area contributed by atoms with E-state index < -0.39 is 0 Å². The van der Waals surface area contributed by atoms with E-state index in [0.29, 0.717) is 5.02 Å². The Morgan fingerprint density at radius 1 is 1.35 bits per heavy atom. The Morgan fingerprint density at radius 3 is 3.04 bits per heavy atom. The molecular formula is C20H18ClFN2OS. The van der Waals surface area contributed by atoms with Crippen molar-refractivity contribution < 1.29 is 9.18 Å². The largest absolute Gasteiger partial charge is 0.358 e. The summed E-state index contributed by atoms with van der Waals surface area (Å²) >= 11 is 7.92. The van der Waals surface area contributed by atoms with Crippen molar-refractivity contribution in [2.24, 2.45) is 0 Å². The summed E-state index contributed by atoms with van der Waals surface area (Å²) in [6.45, 7) is 1.91. The summed E-state index contributed by atoms with van der Waals surface area (Å²) in [5.74, 6) is 0.587. The Balaban J connectivity index is 1.57. The smallest absolute Gasteiger partial charge is 0.224 e. The molecule has 0 fully saturated rings. The first-order chi connectivity index (χ1) is 12.5. The summed E-state index contributed by atoms with van der Waals surface area (Å²) in [4.78, 5) is 17.1. The first-order valence-corrected chi connectivity index (χ1v) is 9.86. The molecule has 2 aromatic carbocycles. The van der Waals surface area contributed by atoms with E-state index in [0.717, 1.165) is 44.8 Å². The average Bonchev–Trinajstić information content (AvgIpc) is 2.91. The molecule has 0 bridgehead atoms. The molecule has 0 spiro atoms. The highest BCUT2D eigenvalue weighted by Crippen LogP contribution is 2.37. The van der Waals surface area contributed by atoms with Crippen LogP contribution in [0, 0.1) is 12.7 Å². The molecule has 3 aromatic rings. The lowest BCUT2D eigenvalue weighted by Gasteiger charge is -2.26. The highest BCUT2D eigenvalue weighted by atomic mass is 35.5. The lowest BCUT2D eigenvalue weighted by molar-refractivity contribution is -0.121. The highest BCUT2D eigenvalue weighted by Gasteiger charge is 2.23. The number of carbonyl (C=O) groups excluding carboxylic acids is 1. The molecule has 1 atom stereocenters. The molecule has 2 heterocycles. The Labute approximate surface area is 160 Å². The first-order valence-electron chi connectivity index (χ1n) is 8.49. The molecule has 1 aromatic heterocycles. The Hall–Kier alpha value is -1.98. The molecule has 6 heteroatoms. The van der Waals surface area contributed by atoms with Gasteiger partial charge in [-0.05, 0) is 60.9 Å². The van der Waals surface area contributed by atoms with E-state index in [1.54, 1.807) is 17.8 Å². The summed E-state index contributed by atoms with van der Waals surface area (Å²) in [6, 6.07) is 10.4. The molecule has 1 aliphatic rings. The van der Waals surface area contributed by atoms with Crippen molar-refractivity contribution in [2.75, 3.05) is 5.75 Å². The Kier molecular flexibility index (Phi) is 4.67. The molecule has 1 unspecified atom stereocenters. The number of rotatable bonds is 3. The molecule has 134 valence electrons. The van der Waals surface area contributed by atoms with Crippen LogP contribution in [-0.2, 0) is 11.2 Å². The predicted octanol–water partition coefficient (Wildman–Crippen LogP) is 5.16. The van der Waals surface area contributed by atoms with Gasteiger partial charge in [-0.25, -0.2) is 4.39 Å². The van der Waals surface area contributed by atoms with Gasteiger partial charge < -0.3 is 10.3 Å². The van der Waals surface area contributed by atoms with Crippen molar-refractivity contribution in [1.82, 2.24) is 10.3 Å². The number of carbonyl (C=O) groups is 1. The number of aromatic nitrogens is 1. The molecule has 0 saturated heterocycles. The number of benzene rings is 2. The fourth-order valence-corrected chi connectivity index (χ4v) is 4.79. The first kappa shape index (κ1) is 17.4. The van der Waals surface area contributed by atoms with Crippen molar-refractivity contribution in [3.8, 4) is 0 Å². The van der Waals surface area contributed by atoms with Gasteiger partial charge in [-0.1, -0.05) is 11.6 Å². The minimum absolute atomic E-state index is 0.0419. The van der Waals surface area contributed by atoms with Crippen LogP contribution in [0.3, 0.4) is 0 Å². The quantitative estimate of drug-likeness (QED) is 0.650. The van der Waals surface area contributed by atoms with Gasteiger partial charge in [0.2, 0.25) is 5.91 Å². The van der Waals surface area contributed by atoms with Gasteiger partial charge in [-0.2, -0.15) is 0 Å². The van der Waals surface area contributed by atoms with Crippen molar-refractivity contribution in [3.63, 3.8) is 0 Å². The lowest BCUT2D eigenvalue weighted by Crippen LogP contribution is -2.31. The van der Waals surface area contributed by atoms with Crippen LogP contribution in [0.5, 0.6) is 0 Å². The predicted molar refractivity (Wildman–Crippen MR) is 104 cm³/mol. The Morgan fingerprint density at radius 2 is 2.19 bits per heavy atom. The molecule has 3 nitrogen and oxygen atoms in total. The van der Waals surface area contributed by atoms with Crippen molar-refractivity contribution in [3.05, 3.63) is 64.1 Å². The van der Waals surface area contributed by atoms with Crippen molar-refractivity contribution in [1.29, 1.82) is 0 Å². The third-order valence-corrected chi connectivity index (χ3v) is 6.12. The number of aryl methyl sites for hydroxylation is 1. The number of aromatic amines is 1. The Bertz CT molecular complexity index is 1000. The van der Waals surface area contributed by atoms with Gasteiger partial charge in [0.15, 0.2) is 0 Å². The minimum atomic E-state index is -0.300. The number of H-pyrrole nitrogens is 1. The normalized spacial score (nSPS) is 16.5. The summed E-state index contributed by atoms with van der Waals surface area (Å²) in [5.41, 5.74) is 3.65. The SMILES string of the molecule is Cc1[nH]c2ccc(F)cc2c1CC(=O)NC1CCSc2ccc(Cl)cc21. The number of nitrogens with one attached hydrogen (secondary N) is 2. The second-order valence-corrected chi connectivity index (χ2v) is 8.11. The maximum absolute atomic E-state index is 13.6. The summed E-state index contributed by atoms with van der Waals surface area (Å²) in [7, 11) is 0. The van der Waals surface area contributed by atoms with Gasteiger partial charge in [0.1, 0.15) is 5.82 Å². The average molecular weight is 389 g/mol. The molecule has 26 heavy (non-hydrogen) atoms. The van der Waals surface area contributed by atoms with Crippen LogP contribution in [-0.4, -0.2) is 16.6 Å². The maximum atomic E-state index is 13.6. The maximum Gasteiger partial charge on any atom is 0.224 e. The zero-order valence-corrected chi connectivity index (χ0v) is 15.8. The van der Waals surface area contributed by atoms with E-state index in [1.165, 1.54) is 12.1 Å². The molecule has 0 saturated carbocycles. The molecule has 2 N–H and O–H groups in total. The number of hydrogen-bond donors (Lipinski definition) is 2. The fraction of sp³-hybridized carbons (Fsp3) is 0.250. The number of hydrogen-bond acceptors (Lipinski definition) is 2. The van der Waals surface area contributed by atoms with E-state index in [-0.39, 0.29) is 24.2 Å². The van der Waals surface area contributed by atoms with Crippen LogP contribution in [0.4, 0.5) is 4.39 Å². The van der Waals surface area contributed by atoms with Gasteiger partial charge in [0, 0.05) is 32.3 Å². The fourth-order valence-electron chi connectivity index (χ4n) is 3.50. The van der Waals surface area contributed by atoms with Crippen LogP contribution in [0.25, 0.3) is 10.9 Å². The molecule has 0 radical (unpaired) electrons. The van der Waals surface area contributed by atoms with Crippen LogP contribution < -0.4 is 5.32 Å². The molecular weight excluding hydrogens is 371 g/mol. The highest BCUT2D eigenvalue weighted by molar-refractivity contribution is 7.99. The summed E-state index contributed by atoms with van der Waals surface area (Å²) in [6.07, 6.45) is 1.08. The number of halogens is 2.